The second-order valence-corrected chi connectivity index (χ2v) is 5.18. The van der Waals surface area contributed by atoms with Crippen LogP contribution in [-0.2, 0) is 0 Å². The van der Waals surface area contributed by atoms with Crippen molar-refractivity contribution in [1.29, 1.82) is 0 Å². The minimum atomic E-state index is -0.604. The van der Waals surface area contributed by atoms with Crippen molar-refractivity contribution in [1.82, 2.24) is 4.90 Å². The molecule has 1 rings (SSSR count). The monoisotopic (exact) mass is 297 g/mol. The van der Waals surface area contributed by atoms with Crippen molar-refractivity contribution in [3.05, 3.63) is 27.2 Å². The first-order valence-corrected chi connectivity index (χ1v) is 6.13. The number of ether oxygens (including phenoxy) is 1. The summed E-state index contributed by atoms with van der Waals surface area (Å²) in [6, 6.07) is 3.09. The zero-order valence-electron chi connectivity index (χ0n) is 9.58. The SMILES string of the molecule is CN(C)C[C@H](O)COc1c(Cl)cc(Cl)cc1Cl. The third-order valence-corrected chi connectivity index (χ3v) is 2.74. The lowest BCUT2D eigenvalue weighted by Crippen LogP contribution is -2.30. The lowest BCUT2D eigenvalue weighted by molar-refractivity contribution is 0.0832. The van der Waals surface area contributed by atoms with Crippen molar-refractivity contribution in [2.24, 2.45) is 0 Å². The Labute approximate surface area is 116 Å². The molecule has 0 aliphatic carbocycles. The normalized spacial score (nSPS) is 12.9. The first-order chi connectivity index (χ1) is 7.90. The van der Waals surface area contributed by atoms with Gasteiger partial charge in [-0.2, -0.15) is 0 Å². The molecule has 0 radical (unpaired) electrons. The molecular formula is C11H14Cl3NO2. The van der Waals surface area contributed by atoms with Gasteiger partial charge in [0.25, 0.3) is 0 Å². The van der Waals surface area contributed by atoms with Crippen molar-refractivity contribution >= 4 is 34.8 Å². The van der Waals surface area contributed by atoms with Gasteiger partial charge < -0.3 is 14.7 Å². The maximum absolute atomic E-state index is 9.64. The van der Waals surface area contributed by atoms with Crippen LogP contribution >= 0.6 is 34.8 Å². The summed E-state index contributed by atoms with van der Waals surface area (Å²) in [6.45, 7) is 0.627. The van der Waals surface area contributed by atoms with Gasteiger partial charge in [-0.15, -0.1) is 0 Å². The molecule has 0 aromatic heterocycles. The van der Waals surface area contributed by atoms with E-state index in [1.807, 2.05) is 19.0 Å². The molecule has 17 heavy (non-hydrogen) atoms. The van der Waals surface area contributed by atoms with Crippen LogP contribution in [0.3, 0.4) is 0 Å². The van der Waals surface area contributed by atoms with E-state index in [1.54, 1.807) is 12.1 Å². The van der Waals surface area contributed by atoms with Gasteiger partial charge in [0.05, 0.1) is 10.0 Å². The van der Waals surface area contributed by atoms with Crippen LogP contribution in [0.25, 0.3) is 0 Å². The van der Waals surface area contributed by atoms with E-state index in [0.29, 0.717) is 27.4 Å². The minimum Gasteiger partial charge on any atom is -0.488 e. The van der Waals surface area contributed by atoms with Crippen LogP contribution in [-0.4, -0.2) is 43.4 Å². The highest BCUT2D eigenvalue weighted by Gasteiger charge is 2.12. The molecule has 0 aliphatic heterocycles. The molecule has 0 saturated carbocycles. The predicted molar refractivity (Wildman–Crippen MR) is 71.5 cm³/mol. The average Bonchev–Trinajstić information content (AvgIpc) is 2.14. The first-order valence-electron chi connectivity index (χ1n) is 5.00. The Balaban J connectivity index is 2.63. The topological polar surface area (TPSA) is 32.7 Å². The molecule has 3 nitrogen and oxygen atoms in total. The summed E-state index contributed by atoms with van der Waals surface area (Å²) < 4.78 is 5.39. The lowest BCUT2D eigenvalue weighted by Gasteiger charge is -2.17. The third-order valence-electron chi connectivity index (χ3n) is 1.96. The second kappa shape index (κ2) is 6.66. The standard InChI is InChI=1S/C11H14Cl3NO2/c1-15(2)5-8(16)6-17-11-9(13)3-7(12)4-10(11)14/h3-4,8,16H,5-6H2,1-2H3/t8-/m0/s1. The Morgan fingerprint density at radius 2 is 1.76 bits per heavy atom. The van der Waals surface area contributed by atoms with Gasteiger partial charge in [0.15, 0.2) is 5.75 Å². The number of hydrogen-bond acceptors (Lipinski definition) is 3. The van der Waals surface area contributed by atoms with Crippen LogP contribution in [0.15, 0.2) is 12.1 Å². The quantitative estimate of drug-likeness (QED) is 0.907. The molecule has 1 atom stereocenters. The number of benzene rings is 1. The van der Waals surface area contributed by atoms with Gasteiger partial charge in [-0.1, -0.05) is 34.8 Å². The summed E-state index contributed by atoms with van der Waals surface area (Å²) in [5, 5.41) is 10.7. The molecule has 0 aliphatic rings. The Hall–Kier alpha value is -0.190. The summed E-state index contributed by atoms with van der Waals surface area (Å²) in [5.41, 5.74) is 0. The van der Waals surface area contributed by atoms with Crippen LogP contribution in [0.4, 0.5) is 0 Å². The first kappa shape index (κ1) is 14.9. The summed E-state index contributed by atoms with van der Waals surface area (Å²) in [6.07, 6.45) is -0.604. The van der Waals surface area contributed by atoms with Gasteiger partial charge >= 0.3 is 0 Å². The number of aliphatic hydroxyl groups excluding tert-OH is 1. The Morgan fingerprint density at radius 1 is 1.24 bits per heavy atom. The van der Waals surface area contributed by atoms with E-state index in [1.165, 1.54) is 0 Å². The smallest absolute Gasteiger partial charge is 0.156 e. The molecule has 1 aromatic carbocycles. The Bertz CT molecular complexity index is 362. The fraction of sp³-hybridized carbons (Fsp3) is 0.455. The molecule has 0 bridgehead atoms. The Kier molecular flexibility index (Phi) is 5.83. The van der Waals surface area contributed by atoms with Crippen molar-refractivity contribution in [3.8, 4) is 5.75 Å². The van der Waals surface area contributed by atoms with E-state index < -0.39 is 6.10 Å². The maximum atomic E-state index is 9.64. The van der Waals surface area contributed by atoms with Crippen LogP contribution in [0.5, 0.6) is 5.75 Å². The van der Waals surface area contributed by atoms with E-state index >= 15 is 0 Å². The largest absolute Gasteiger partial charge is 0.488 e. The summed E-state index contributed by atoms with van der Waals surface area (Å²) in [4.78, 5) is 1.86. The van der Waals surface area contributed by atoms with Crippen LogP contribution in [0, 0.1) is 0 Å². The summed E-state index contributed by atoms with van der Waals surface area (Å²) in [5.74, 6) is 0.343. The van der Waals surface area contributed by atoms with Crippen molar-refractivity contribution in [2.75, 3.05) is 27.2 Å². The molecule has 6 heteroatoms. The number of halogens is 3. The van der Waals surface area contributed by atoms with E-state index in [4.69, 9.17) is 39.5 Å². The van der Waals surface area contributed by atoms with Gasteiger partial charge in [0.1, 0.15) is 12.7 Å². The molecule has 96 valence electrons. The van der Waals surface area contributed by atoms with Crippen molar-refractivity contribution in [2.45, 2.75) is 6.10 Å². The van der Waals surface area contributed by atoms with Crippen LogP contribution in [0.1, 0.15) is 0 Å². The molecule has 1 N–H and O–H groups in total. The zero-order chi connectivity index (χ0) is 13.0. The van der Waals surface area contributed by atoms with Gasteiger partial charge in [-0.05, 0) is 26.2 Å². The minimum absolute atomic E-state index is 0.124. The predicted octanol–water partition coefficient (Wildman–Crippen LogP) is 2.95. The van der Waals surface area contributed by atoms with E-state index in [-0.39, 0.29) is 6.61 Å². The molecule has 0 unspecified atom stereocenters. The highest BCUT2D eigenvalue weighted by Crippen LogP contribution is 2.35. The van der Waals surface area contributed by atoms with E-state index in [9.17, 15) is 5.11 Å². The van der Waals surface area contributed by atoms with Crippen LogP contribution in [0.2, 0.25) is 15.1 Å². The molecule has 0 amide bonds. The van der Waals surface area contributed by atoms with E-state index in [2.05, 4.69) is 0 Å². The van der Waals surface area contributed by atoms with Crippen LogP contribution < -0.4 is 4.74 Å². The van der Waals surface area contributed by atoms with Gasteiger partial charge in [-0.25, -0.2) is 0 Å². The van der Waals surface area contributed by atoms with Gasteiger partial charge in [0, 0.05) is 11.6 Å². The van der Waals surface area contributed by atoms with Gasteiger partial charge in [0.2, 0.25) is 0 Å². The molecule has 0 spiro atoms. The van der Waals surface area contributed by atoms with Crippen molar-refractivity contribution in [3.63, 3.8) is 0 Å². The fourth-order valence-corrected chi connectivity index (χ4v) is 2.25. The lowest BCUT2D eigenvalue weighted by atomic mass is 10.3. The molecular weight excluding hydrogens is 284 g/mol. The summed E-state index contributed by atoms with van der Waals surface area (Å²) in [7, 11) is 3.73. The second-order valence-electron chi connectivity index (χ2n) is 3.93. The Morgan fingerprint density at radius 3 is 2.24 bits per heavy atom. The highest BCUT2D eigenvalue weighted by molar-refractivity contribution is 6.40. The maximum Gasteiger partial charge on any atom is 0.156 e. The fourth-order valence-electron chi connectivity index (χ4n) is 1.32. The number of nitrogens with zero attached hydrogens (tertiary/aromatic N) is 1. The third kappa shape index (κ3) is 4.90. The molecule has 0 fully saturated rings. The van der Waals surface area contributed by atoms with Crippen molar-refractivity contribution < 1.29 is 9.84 Å². The average molecular weight is 299 g/mol. The molecule has 0 heterocycles. The number of hydrogen-bond donors (Lipinski definition) is 1. The number of aliphatic hydroxyl groups is 1. The van der Waals surface area contributed by atoms with Gasteiger partial charge in [-0.3, -0.25) is 0 Å². The number of likely N-dealkylation sites (N-methyl/N-ethyl adjacent to an activating group) is 1. The molecule has 0 saturated heterocycles. The summed E-state index contributed by atoms with van der Waals surface area (Å²) >= 11 is 17.6. The number of rotatable bonds is 5. The molecule has 1 aromatic rings. The van der Waals surface area contributed by atoms with E-state index in [0.717, 1.165) is 0 Å². The highest BCUT2D eigenvalue weighted by atomic mass is 35.5. The zero-order valence-corrected chi connectivity index (χ0v) is 11.9.